The molecule has 1 atom stereocenters. The normalized spacial score (nSPS) is 11.6. The summed E-state index contributed by atoms with van der Waals surface area (Å²) in [5.41, 5.74) is 2.06. The van der Waals surface area contributed by atoms with E-state index in [1.165, 1.54) is 4.90 Å². The second-order valence-electron chi connectivity index (χ2n) is 7.68. The van der Waals surface area contributed by atoms with Gasteiger partial charge in [0.05, 0.1) is 14.2 Å². The lowest BCUT2D eigenvalue weighted by molar-refractivity contribution is -0.142. The van der Waals surface area contributed by atoms with E-state index >= 15 is 0 Å². The summed E-state index contributed by atoms with van der Waals surface area (Å²) in [7, 11) is 3.09. The number of nitrogens with one attached hydrogen (secondary N) is 1. The fraction of sp³-hybridized carbons (Fsp3) is 0.417. The van der Waals surface area contributed by atoms with Gasteiger partial charge in [0.25, 0.3) is 5.91 Å². The minimum atomic E-state index is -0.653. The molecule has 0 fully saturated rings. The van der Waals surface area contributed by atoms with Crippen LogP contribution in [0.1, 0.15) is 31.9 Å². The van der Waals surface area contributed by atoms with Gasteiger partial charge in [0.15, 0.2) is 6.61 Å². The molecule has 0 spiro atoms. The number of carbonyl (C=O) groups is 2. The Morgan fingerprint density at radius 2 is 1.48 bits per heavy atom. The molecule has 2 aromatic rings. The molecular formula is C24H32N2O5. The number of benzene rings is 2. The van der Waals surface area contributed by atoms with Crippen molar-refractivity contribution < 1.29 is 23.8 Å². The van der Waals surface area contributed by atoms with Crippen molar-refractivity contribution in [2.45, 2.75) is 46.3 Å². The van der Waals surface area contributed by atoms with Crippen molar-refractivity contribution in [2.24, 2.45) is 0 Å². The van der Waals surface area contributed by atoms with Gasteiger partial charge in [-0.05, 0) is 33.3 Å². The van der Waals surface area contributed by atoms with Crippen LogP contribution in [0.2, 0.25) is 0 Å². The molecule has 0 aliphatic heterocycles. The number of amides is 2. The van der Waals surface area contributed by atoms with Crippen molar-refractivity contribution in [3.8, 4) is 17.2 Å². The van der Waals surface area contributed by atoms with Crippen LogP contribution < -0.4 is 19.5 Å². The van der Waals surface area contributed by atoms with Crippen molar-refractivity contribution in [1.82, 2.24) is 10.2 Å². The molecule has 7 heteroatoms. The maximum Gasteiger partial charge on any atom is 0.261 e. The number of rotatable bonds is 10. The Kier molecular flexibility index (Phi) is 8.73. The Morgan fingerprint density at radius 3 is 2.00 bits per heavy atom. The van der Waals surface area contributed by atoms with Crippen LogP contribution in [0.4, 0.5) is 0 Å². The molecule has 0 saturated carbocycles. The quantitative estimate of drug-likeness (QED) is 0.628. The van der Waals surface area contributed by atoms with E-state index in [2.05, 4.69) is 5.32 Å². The first-order chi connectivity index (χ1) is 14.7. The van der Waals surface area contributed by atoms with Gasteiger partial charge < -0.3 is 24.4 Å². The first kappa shape index (κ1) is 24.1. The summed E-state index contributed by atoms with van der Waals surface area (Å²) in [6, 6.07) is 12.3. The number of hydrogen-bond donors (Lipinski definition) is 1. The maximum atomic E-state index is 13.1. The first-order valence-corrected chi connectivity index (χ1v) is 10.2. The molecule has 31 heavy (non-hydrogen) atoms. The third kappa shape index (κ3) is 7.20. The Morgan fingerprint density at radius 1 is 0.935 bits per heavy atom. The number of aryl methyl sites for hydroxylation is 1. The van der Waals surface area contributed by atoms with Gasteiger partial charge >= 0.3 is 0 Å². The maximum absolute atomic E-state index is 13.1. The second kappa shape index (κ2) is 11.2. The lowest BCUT2D eigenvalue weighted by Gasteiger charge is -2.29. The highest BCUT2D eigenvalue weighted by Crippen LogP contribution is 2.27. The predicted octanol–water partition coefficient (Wildman–Crippen LogP) is 3.33. The number of hydrogen-bond acceptors (Lipinski definition) is 5. The zero-order chi connectivity index (χ0) is 23.0. The number of methoxy groups -OCH3 is 2. The topological polar surface area (TPSA) is 77.1 Å². The fourth-order valence-electron chi connectivity index (χ4n) is 2.97. The van der Waals surface area contributed by atoms with Crippen molar-refractivity contribution in [3.63, 3.8) is 0 Å². The zero-order valence-corrected chi connectivity index (χ0v) is 19.1. The van der Waals surface area contributed by atoms with Crippen molar-refractivity contribution in [2.75, 3.05) is 20.8 Å². The average Bonchev–Trinajstić information content (AvgIpc) is 2.75. The first-order valence-electron chi connectivity index (χ1n) is 10.2. The molecule has 0 radical (unpaired) electrons. The second-order valence-corrected chi connectivity index (χ2v) is 7.68. The molecular weight excluding hydrogens is 396 g/mol. The van der Waals surface area contributed by atoms with Crippen LogP contribution in [0, 0.1) is 6.92 Å². The fourth-order valence-corrected chi connectivity index (χ4v) is 2.97. The van der Waals surface area contributed by atoms with E-state index in [9.17, 15) is 9.59 Å². The highest BCUT2D eigenvalue weighted by Gasteiger charge is 2.27. The highest BCUT2D eigenvalue weighted by molar-refractivity contribution is 5.88. The van der Waals surface area contributed by atoms with Gasteiger partial charge in [0.1, 0.15) is 23.3 Å². The van der Waals surface area contributed by atoms with E-state index in [1.807, 2.05) is 45.0 Å². The lowest BCUT2D eigenvalue weighted by atomic mass is 10.1. The molecule has 0 aliphatic rings. The van der Waals surface area contributed by atoms with E-state index in [0.29, 0.717) is 23.8 Å². The predicted molar refractivity (Wildman–Crippen MR) is 120 cm³/mol. The molecule has 0 aliphatic carbocycles. The number of carbonyl (C=O) groups excluding carboxylic acids is 2. The largest absolute Gasteiger partial charge is 0.496 e. The SMILES string of the molecule is COc1cc(OC)cc(OCC(=O)N(Cc2ccc(C)cc2)[C@@H](C)C(=O)NC(C)C)c1. The van der Waals surface area contributed by atoms with Crippen LogP contribution in [0.25, 0.3) is 0 Å². The third-order valence-electron chi connectivity index (χ3n) is 4.76. The summed E-state index contributed by atoms with van der Waals surface area (Å²) in [5, 5.41) is 2.87. The minimum absolute atomic E-state index is 0.0215. The van der Waals surface area contributed by atoms with Gasteiger partial charge in [0, 0.05) is 30.8 Å². The Labute approximate surface area is 184 Å². The lowest BCUT2D eigenvalue weighted by Crippen LogP contribution is -2.50. The summed E-state index contributed by atoms with van der Waals surface area (Å²) in [6.07, 6.45) is 0. The standard InChI is InChI=1S/C24H32N2O5/c1-16(2)25-24(28)18(4)26(14-19-9-7-17(3)8-10-19)23(27)15-31-22-12-20(29-5)11-21(13-22)30-6/h7-13,16,18H,14-15H2,1-6H3,(H,25,28)/t18-/m0/s1. The smallest absolute Gasteiger partial charge is 0.261 e. The van der Waals surface area contributed by atoms with Crippen LogP contribution in [-0.2, 0) is 16.1 Å². The summed E-state index contributed by atoms with van der Waals surface area (Å²) >= 11 is 0. The minimum Gasteiger partial charge on any atom is -0.496 e. The number of nitrogens with zero attached hydrogens (tertiary/aromatic N) is 1. The molecule has 0 aromatic heterocycles. The Hall–Kier alpha value is -3.22. The van der Waals surface area contributed by atoms with Gasteiger partial charge in [-0.3, -0.25) is 9.59 Å². The van der Waals surface area contributed by atoms with Gasteiger partial charge in [-0.25, -0.2) is 0 Å². The molecule has 0 unspecified atom stereocenters. The van der Waals surface area contributed by atoms with E-state index in [-0.39, 0.29) is 24.5 Å². The van der Waals surface area contributed by atoms with Gasteiger partial charge in [-0.15, -0.1) is 0 Å². The Balaban J connectivity index is 2.18. The van der Waals surface area contributed by atoms with Crippen molar-refractivity contribution in [3.05, 3.63) is 53.6 Å². The van der Waals surface area contributed by atoms with Gasteiger partial charge in [-0.2, -0.15) is 0 Å². The third-order valence-corrected chi connectivity index (χ3v) is 4.76. The number of ether oxygens (including phenoxy) is 3. The summed E-state index contributed by atoms with van der Waals surface area (Å²) in [6.45, 7) is 7.57. The van der Waals surface area contributed by atoms with Gasteiger partial charge in [0.2, 0.25) is 5.91 Å². The van der Waals surface area contributed by atoms with E-state index in [4.69, 9.17) is 14.2 Å². The van der Waals surface area contributed by atoms with Gasteiger partial charge in [-0.1, -0.05) is 29.8 Å². The monoisotopic (exact) mass is 428 g/mol. The molecule has 0 heterocycles. The summed E-state index contributed by atoms with van der Waals surface area (Å²) in [4.78, 5) is 27.2. The average molecular weight is 429 g/mol. The molecule has 0 bridgehead atoms. The van der Waals surface area contributed by atoms with Crippen LogP contribution in [0.3, 0.4) is 0 Å². The molecule has 2 amide bonds. The summed E-state index contributed by atoms with van der Waals surface area (Å²) in [5.74, 6) is 1.05. The van der Waals surface area contributed by atoms with E-state index in [0.717, 1.165) is 11.1 Å². The van der Waals surface area contributed by atoms with Crippen LogP contribution in [0.5, 0.6) is 17.2 Å². The Bertz CT molecular complexity index is 858. The van der Waals surface area contributed by atoms with Crippen LogP contribution in [-0.4, -0.2) is 49.6 Å². The zero-order valence-electron chi connectivity index (χ0n) is 19.1. The van der Waals surface area contributed by atoms with E-state index < -0.39 is 6.04 Å². The van der Waals surface area contributed by atoms with Crippen LogP contribution in [0.15, 0.2) is 42.5 Å². The molecule has 168 valence electrons. The molecule has 2 aromatic carbocycles. The summed E-state index contributed by atoms with van der Waals surface area (Å²) < 4.78 is 16.2. The van der Waals surface area contributed by atoms with Crippen LogP contribution >= 0.6 is 0 Å². The highest BCUT2D eigenvalue weighted by atomic mass is 16.5. The van der Waals surface area contributed by atoms with Crippen molar-refractivity contribution >= 4 is 11.8 Å². The van der Waals surface area contributed by atoms with Crippen molar-refractivity contribution in [1.29, 1.82) is 0 Å². The molecule has 2 rings (SSSR count). The molecule has 0 saturated heterocycles. The molecule has 1 N–H and O–H groups in total. The van der Waals surface area contributed by atoms with E-state index in [1.54, 1.807) is 39.3 Å². The molecule has 7 nitrogen and oxygen atoms in total.